The number of nitrogens with one attached hydrogen (secondary N) is 1. The Morgan fingerprint density at radius 1 is 1.18 bits per heavy atom. The number of benzene rings is 2. The predicted molar refractivity (Wildman–Crippen MR) is 121 cm³/mol. The topological polar surface area (TPSA) is 104 Å². The molecule has 1 aliphatic heterocycles. The van der Waals surface area contributed by atoms with Crippen molar-refractivity contribution in [2.45, 2.75) is 35.7 Å². The fraction of sp³-hybridized carbons (Fsp3) is 0.333. The highest BCUT2D eigenvalue weighted by atomic mass is 32.2. The molecule has 9 heteroatoms. The summed E-state index contributed by atoms with van der Waals surface area (Å²) in [6, 6.07) is 13.5. The van der Waals surface area contributed by atoms with Crippen molar-refractivity contribution in [2.75, 3.05) is 20.3 Å². The van der Waals surface area contributed by atoms with Crippen LogP contribution in [0.5, 0.6) is 11.5 Å². The number of fused-ring (bicyclic) bond motifs is 1. The molecule has 2 aliphatic rings. The van der Waals surface area contributed by atoms with Crippen LogP contribution in [0.2, 0.25) is 0 Å². The van der Waals surface area contributed by atoms with Crippen LogP contribution in [0.15, 0.2) is 59.6 Å². The Labute approximate surface area is 191 Å². The number of aromatic nitrogens is 1. The minimum absolute atomic E-state index is 0.0162. The minimum Gasteiger partial charge on any atom is -0.496 e. The number of methoxy groups -OCH3 is 1. The van der Waals surface area contributed by atoms with Gasteiger partial charge in [-0.25, -0.2) is 13.1 Å². The van der Waals surface area contributed by atoms with Crippen molar-refractivity contribution in [1.82, 2.24) is 9.71 Å². The second kappa shape index (κ2) is 8.31. The molecule has 3 aromatic rings. The number of ether oxygens (including phenoxy) is 3. The number of carbonyl (C=O) groups is 1. The van der Waals surface area contributed by atoms with Crippen LogP contribution in [-0.4, -0.2) is 45.7 Å². The van der Waals surface area contributed by atoms with Crippen molar-refractivity contribution in [1.29, 1.82) is 0 Å². The van der Waals surface area contributed by atoms with Crippen molar-refractivity contribution in [3.63, 3.8) is 0 Å². The zero-order chi connectivity index (χ0) is 23.1. The Morgan fingerprint density at radius 2 is 2.03 bits per heavy atom. The predicted octanol–water partition coefficient (Wildman–Crippen LogP) is 2.95. The van der Waals surface area contributed by atoms with E-state index in [1.165, 1.54) is 13.2 Å². The summed E-state index contributed by atoms with van der Waals surface area (Å²) < 4.78 is 45.5. The van der Waals surface area contributed by atoms with Crippen LogP contribution in [-0.2, 0) is 25.0 Å². The first-order valence-electron chi connectivity index (χ1n) is 10.8. The maximum atomic E-state index is 13.4. The van der Waals surface area contributed by atoms with E-state index < -0.39 is 21.3 Å². The molecule has 8 nitrogen and oxygen atoms in total. The lowest BCUT2D eigenvalue weighted by molar-refractivity contribution is -0.121. The summed E-state index contributed by atoms with van der Waals surface area (Å²) in [6.07, 6.45) is 3.37. The maximum absolute atomic E-state index is 13.4. The fourth-order valence-electron chi connectivity index (χ4n) is 4.26. The van der Waals surface area contributed by atoms with Crippen molar-refractivity contribution < 1.29 is 27.4 Å². The Kier molecular flexibility index (Phi) is 5.46. The third-order valence-corrected chi connectivity index (χ3v) is 7.57. The lowest BCUT2D eigenvalue weighted by atomic mass is 9.94. The molecule has 1 amide bonds. The number of rotatable bonds is 7. The van der Waals surface area contributed by atoms with Gasteiger partial charge in [0.25, 0.3) is 10.0 Å². The maximum Gasteiger partial charge on any atom is 0.264 e. The quantitative estimate of drug-likeness (QED) is 0.569. The number of sulfonamides is 1. The molecule has 33 heavy (non-hydrogen) atoms. The summed E-state index contributed by atoms with van der Waals surface area (Å²) in [7, 11) is -2.59. The molecule has 1 saturated heterocycles. The third-order valence-electron chi connectivity index (χ3n) is 6.18. The molecule has 2 aromatic carbocycles. The lowest BCUT2D eigenvalue weighted by Gasteiger charge is -2.21. The Morgan fingerprint density at radius 3 is 2.76 bits per heavy atom. The highest BCUT2D eigenvalue weighted by Gasteiger charge is 2.54. The minimum atomic E-state index is -4.11. The molecule has 1 saturated carbocycles. The first-order chi connectivity index (χ1) is 15.9. The standard InChI is InChI=1S/C24H24N2O6S/c1-30-21-8-7-16(32-17-9-13-31-15-17)14-19(21)24(10-11-24)23(27)26-33(28,29)22-6-2-5-20-18(22)4-3-12-25-20/h2-8,12,14,17H,9-11,13,15H2,1H3,(H,26,27)/t17-/m1/s1. The fourth-order valence-corrected chi connectivity index (χ4v) is 5.53. The molecule has 5 rings (SSSR count). The molecule has 172 valence electrons. The van der Waals surface area contributed by atoms with Gasteiger partial charge in [-0.1, -0.05) is 6.07 Å². The molecular formula is C24H24N2O6S. The van der Waals surface area contributed by atoms with Gasteiger partial charge in [-0.05, 0) is 55.3 Å². The van der Waals surface area contributed by atoms with Crippen LogP contribution in [0.25, 0.3) is 10.9 Å². The van der Waals surface area contributed by atoms with E-state index in [1.54, 1.807) is 48.7 Å². The van der Waals surface area contributed by atoms with Crippen molar-refractivity contribution in [2.24, 2.45) is 0 Å². The van der Waals surface area contributed by atoms with Crippen LogP contribution in [0.4, 0.5) is 0 Å². The smallest absolute Gasteiger partial charge is 0.264 e. The van der Waals surface area contributed by atoms with E-state index >= 15 is 0 Å². The Bertz CT molecular complexity index is 1310. The van der Waals surface area contributed by atoms with Gasteiger partial charge in [0.15, 0.2) is 0 Å². The zero-order valence-corrected chi connectivity index (χ0v) is 18.9. The first kappa shape index (κ1) is 21.7. The van der Waals surface area contributed by atoms with Crippen molar-refractivity contribution in [3.8, 4) is 11.5 Å². The van der Waals surface area contributed by atoms with Gasteiger partial charge in [0, 0.05) is 23.6 Å². The van der Waals surface area contributed by atoms with E-state index in [0.29, 0.717) is 54.0 Å². The molecule has 0 unspecified atom stereocenters. The van der Waals surface area contributed by atoms with Crippen LogP contribution in [0.1, 0.15) is 24.8 Å². The number of hydrogen-bond donors (Lipinski definition) is 1. The normalized spacial score (nSPS) is 19.2. The molecule has 1 atom stereocenters. The molecule has 2 heterocycles. The van der Waals surface area contributed by atoms with Crippen molar-refractivity contribution >= 4 is 26.8 Å². The van der Waals surface area contributed by atoms with E-state index in [1.807, 2.05) is 0 Å². The van der Waals surface area contributed by atoms with Crippen LogP contribution >= 0.6 is 0 Å². The molecule has 0 spiro atoms. The van der Waals surface area contributed by atoms with Crippen LogP contribution < -0.4 is 14.2 Å². The summed E-state index contributed by atoms with van der Waals surface area (Å²) in [4.78, 5) is 17.6. The molecule has 0 bridgehead atoms. The van der Waals surface area contributed by atoms with Crippen molar-refractivity contribution in [3.05, 3.63) is 60.3 Å². The van der Waals surface area contributed by atoms with E-state index in [-0.39, 0.29) is 11.0 Å². The highest BCUT2D eigenvalue weighted by Crippen LogP contribution is 2.52. The van der Waals surface area contributed by atoms with E-state index in [0.717, 1.165) is 6.42 Å². The summed E-state index contributed by atoms with van der Waals surface area (Å²) in [5.74, 6) is 0.538. The first-order valence-corrected chi connectivity index (χ1v) is 12.3. The SMILES string of the molecule is COc1ccc(O[C@@H]2CCOC2)cc1C1(C(=O)NS(=O)(=O)c2cccc3ncccc23)CC1. The second-order valence-electron chi connectivity index (χ2n) is 8.31. The molecular weight excluding hydrogens is 444 g/mol. The number of hydrogen-bond acceptors (Lipinski definition) is 7. The number of amides is 1. The Balaban J connectivity index is 1.45. The summed E-state index contributed by atoms with van der Waals surface area (Å²) in [6.45, 7) is 1.17. The molecule has 1 aliphatic carbocycles. The largest absolute Gasteiger partial charge is 0.496 e. The Hall–Kier alpha value is -3.17. The van der Waals surface area contributed by atoms with Gasteiger partial charge in [-0.15, -0.1) is 0 Å². The third kappa shape index (κ3) is 4.02. The van der Waals surface area contributed by atoms with Gasteiger partial charge in [-0.2, -0.15) is 0 Å². The molecule has 1 aromatic heterocycles. The van der Waals surface area contributed by atoms with Gasteiger partial charge < -0.3 is 14.2 Å². The summed E-state index contributed by atoms with van der Waals surface area (Å²) in [5.41, 5.74) is 0.164. The van der Waals surface area contributed by atoms with Gasteiger partial charge in [0.2, 0.25) is 5.91 Å². The van der Waals surface area contributed by atoms with E-state index in [9.17, 15) is 13.2 Å². The van der Waals surface area contributed by atoms with Gasteiger partial charge in [0.1, 0.15) is 17.6 Å². The van der Waals surface area contributed by atoms with Crippen LogP contribution in [0.3, 0.4) is 0 Å². The second-order valence-corrected chi connectivity index (χ2v) is 9.96. The lowest BCUT2D eigenvalue weighted by Crippen LogP contribution is -2.39. The summed E-state index contributed by atoms with van der Waals surface area (Å²) in [5, 5.41) is 0.455. The average Bonchev–Trinajstić information content (AvgIpc) is 3.48. The average molecular weight is 469 g/mol. The number of carbonyl (C=O) groups excluding carboxylic acids is 1. The van der Waals surface area contributed by atoms with E-state index in [4.69, 9.17) is 14.2 Å². The number of nitrogens with zero attached hydrogens (tertiary/aromatic N) is 1. The monoisotopic (exact) mass is 468 g/mol. The molecule has 0 radical (unpaired) electrons. The van der Waals surface area contributed by atoms with Gasteiger partial charge in [0.05, 0.1) is 36.2 Å². The molecule has 2 fully saturated rings. The van der Waals surface area contributed by atoms with E-state index in [2.05, 4.69) is 9.71 Å². The van der Waals surface area contributed by atoms with Gasteiger partial charge >= 0.3 is 0 Å². The summed E-state index contributed by atoms with van der Waals surface area (Å²) >= 11 is 0. The van der Waals surface area contributed by atoms with Gasteiger partial charge in [-0.3, -0.25) is 9.78 Å². The van der Waals surface area contributed by atoms with Crippen LogP contribution in [0, 0.1) is 0 Å². The zero-order valence-electron chi connectivity index (χ0n) is 18.1. The molecule has 1 N–H and O–H groups in total. The highest BCUT2D eigenvalue weighted by molar-refractivity contribution is 7.90. The number of pyridine rings is 1.